The number of amidine groups is 1. The van der Waals surface area contributed by atoms with Crippen LogP contribution in [0.1, 0.15) is 6.92 Å². The second-order valence-corrected chi connectivity index (χ2v) is 3.14. The molecule has 0 saturated carbocycles. The maximum Gasteiger partial charge on any atom is 0.102 e. The number of nitrogens with two attached hydrogens (primary N) is 1. The molecule has 0 fully saturated rings. The summed E-state index contributed by atoms with van der Waals surface area (Å²) in [6, 6.07) is 5.19. The van der Waals surface area contributed by atoms with Crippen LogP contribution < -0.4 is 5.73 Å². The molecule has 0 aromatic heterocycles. The lowest BCUT2D eigenvalue weighted by Crippen LogP contribution is -2.03. The Morgan fingerprint density at radius 2 is 1.77 bits per heavy atom. The first-order valence-corrected chi connectivity index (χ1v) is 4.11. The molecule has 72 valence electrons. The van der Waals surface area contributed by atoms with Gasteiger partial charge in [-0.25, -0.2) is 4.99 Å². The third kappa shape index (κ3) is 3.43. The third-order valence-electron chi connectivity index (χ3n) is 1.23. The molecule has 0 saturated heterocycles. The number of benzene rings is 1. The second-order valence-electron chi connectivity index (χ2n) is 2.32. The van der Waals surface area contributed by atoms with Crippen LogP contribution >= 0.6 is 35.6 Å². The van der Waals surface area contributed by atoms with Crippen molar-refractivity contribution in [3.05, 3.63) is 28.2 Å². The van der Waals surface area contributed by atoms with E-state index >= 15 is 0 Å². The Balaban J connectivity index is 0.00000144. The average Bonchev–Trinajstić information content (AvgIpc) is 1.97. The highest BCUT2D eigenvalue weighted by atomic mass is 35.5. The maximum absolute atomic E-state index is 5.83. The van der Waals surface area contributed by atoms with Crippen LogP contribution in [-0.4, -0.2) is 5.84 Å². The number of halogens is 3. The summed E-state index contributed by atoms with van der Waals surface area (Å²) in [4.78, 5) is 3.99. The van der Waals surface area contributed by atoms with Gasteiger partial charge in [0.25, 0.3) is 0 Å². The molecule has 1 rings (SSSR count). The highest BCUT2D eigenvalue weighted by Gasteiger charge is 2.02. The highest BCUT2D eigenvalue weighted by molar-refractivity contribution is 6.38. The van der Waals surface area contributed by atoms with E-state index in [-0.39, 0.29) is 12.4 Å². The topological polar surface area (TPSA) is 38.4 Å². The quantitative estimate of drug-likeness (QED) is 0.592. The van der Waals surface area contributed by atoms with Crippen molar-refractivity contribution in [1.82, 2.24) is 0 Å². The average molecular weight is 240 g/mol. The van der Waals surface area contributed by atoms with Crippen LogP contribution in [0.3, 0.4) is 0 Å². The van der Waals surface area contributed by atoms with Crippen molar-refractivity contribution in [2.45, 2.75) is 6.92 Å². The van der Waals surface area contributed by atoms with E-state index in [0.29, 0.717) is 21.6 Å². The molecule has 0 radical (unpaired) electrons. The van der Waals surface area contributed by atoms with Crippen molar-refractivity contribution in [3.63, 3.8) is 0 Å². The first-order chi connectivity index (χ1) is 5.61. The summed E-state index contributed by atoms with van der Waals surface area (Å²) < 4.78 is 0. The van der Waals surface area contributed by atoms with Gasteiger partial charge in [-0.1, -0.05) is 29.3 Å². The molecular weight excluding hydrogens is 230 g/mol. The molecule has 0 bridgehead atoms. The van der Waals surface area contributed by atoms with Crippen molar-refractivity contribution in [3.8, 4) is 0 Å². The van der Waals surface area contributed by atoms with Crippen LogP contribution in [0.25, 0.3) is 0 Å². The number of nitrogens with zero attached hydrogens (tertiary/aromatic N) is 1. The standard InChI is InChI=1S/C8H8Cl2N2.ClH/c1-5(11)12-8-6(9)3-2-4-7(8)10;/h2-4H,1H3,(H2,11,12);1H. The molecule has 2 N–H and O–H groups in total. The van der Waals surface area contributed by atoms with E-state index in [9.17, 15) is 0 Å². The summed E-state index contributed by atoms with van der Waals surface area (Å²) in [6.45, 7) is 1.68. The van der Waals surface area contributed by atoms with Crippen molar-refractivity contribution < 1.29 is 0 Å². The number of para-hydroxylation sites is 1. The van der Waals surface area contributed by atoms with Crippen LogP contribution in [0.2, 0.25) is 10.0 Å². The van der Waals surface area contributed by atoms with Crippen molar-refractivity contribution in [1.29, 1.82) is 0 Å². The maximum atomic E-state index is 5.83. The van der Waals surface area contributed by atoms with E-state index in [1.54, 1.807) is 25.1 Å². The lowest BCUT2D eigenvalue weighted by atomic mass is 10.3. The van der Waals surface area contributed by atoms with Crippen LogP contribution in [0.5, 0.6) is 0 Å². The molecular formula is C8H9Cl3N2. The first kappa shape index (κ1) is 12.6. The van der Waals surface area contributed by atoms with Gasteiger partial charge in [0.1, 0.15) is 5.69 Å². The Bertz CT molecular complexity index is 299. The smallest absolute Gasteiger partial charge is 0.102 e. The molecule has 2 nitrogen and oxygen atoms in total. The number of aliphatic imine (C=N–C) groups is 1. The zero-order valence-corrected chi connectivity index (χ0v) is 9.25. The van der Waals surface area contributed by atoms with Gasteiger partial charge in [-0.15, -0.1) is 12.4 Å². The molecule has 0 unspecified atom stereocenters. The van der Waals surface area contributed by atoms with Gasteiger partial charge in [0.05, 0.1) is 15.9 Å². The van der Waals surface area contributed by atoms with Gasteiger partial charge in [0.15, 0.2) is 0 Å². The van der Waals surface area contributed by atoms with E-state index in [0.717, 1.165) is 0 Å². The molecule has 0 atom stereocenters. The van der Waals surface area contributed by atoms with Crippen molar-refractivity contribution in [2.24, 2.45) is 10.7 Å². The normalized spacial score (nSPS) is 10.8. The van der Waals surface area contributed by atoms with E-state index in [2.05, 4.69) is 4.99 Å². The fourth-order valence-electron chi connectivity index (χ4n) is 0.772. The monoisotopic (exact) mass is 238 g/mol. The fourth-order valence-corrected chi connectivity index (χ4v) is 1.25. The van der Waals surface area contributed by atoms with Crippen LogP contribution in [0.4, 0.5) is 5.69 Å². The minimum absolute atomic E-state index is 0. The summed E-state index contributed by atoms with van der Waals surface area (Å²) in [7, 11) is 0. The minimum atomic E-state index is 0. The third-order valence-corrected chi connectivity index (χ3v) is 1.84. The van der Waals surface area contributed by atoms with Gasteiger partial charge < -0.3 is 5.73 Å². The van der Waals surface area contributed by atoms with E-state index in [4.69, 9.17) is 28.9 Å². The zero-order valence-electron chi connectivity index (χ0n) is 6.92. The summed E-state index contributed by atoms with van der Waals surface area (Å²) >= 11 is 11.7. The summed E-state index contributed by atoms with van der Waals surface area (Å²) in [5, 5.41) is 1.01. The van der Waals surface area contributed by atoms with E-state index in [1.165, 1.54) is 0 Å². The summed E-state index contributed by atoms with van der Waals surface area (Å²) in [6.07, 6.45) is 0. The second kappa shape index (κ2) is 5.32. The zero-order chi connectivity index (χ0) is 9.14. The predicted octanol–water partition coefficient (Wildman–Crippen LogP) is 3.42. The van der Waals surface area contributed by atoms with Crippen LogP contribution in [0.15, 0.2) is 23.2 Å². The van der Waals surface area contributed by atoms with Gasteiger partial charge in [-0.2, -0.15) is 0 Å². The van der Waals surface area contributed by atoms with Crippen molar-refractivity contribution in [2.75, 3.05) is 0 Å². The molecule has 1 aromatic carbocycles. The lowest BCUT2D eigenvalue weighted by Gasteiger charge is -2.00. The largest absolute Gasteiger partial charge is 0.387 e. The van der Waals surface area contributed by atoms with Crippen LogP contribution in [-0.2, 0) is 0 Å². The molecule has 0 amide bonds. The lowest BCUT2D eigenvalue weighted by molar-refractivity contribution is 1.45. The van der Waals surface area contributed by atoms with Crippen LogP contribution in [0, 0.1) is 0 Å². The van der Waals surface area contributed by atoms with Gasteiger partial charge in [0, 0.05) is 0 Å². The van der Waals surface area contributed by atoms with Gasteiger partial charge in [-0.3, -0.25) is 0 Å². The molecule has 0 aliphatic rings. The van der Waals surface area contributed by atoms with Gasteiger partial charge in [-0.05, 0) is 19.1 Å². The Kier molecular flexibility index (Phi) is 5.14. The Morgan fingerprint density at radius 3 is 2.15 bits per heavy atom. The summed E-state index contributed by atoms with van der Waals surface area (Å²) in [5.41, 5.74) is 5.92. The van der Waals surface area contributed by atoms with Gasteiger partial charge >= 0.3 is 0 Å². The molecule has 5 heteroatoms. The Morgan fingerprint density at radius 1 is 1.31 bits per heavy atom. The summed E-state index contributed by atoms with van der Waals surface area (Å²) in [5.74, 6) is 0.435. The van der Waals surface area contributed by atoms with Crippen molar-refractivity contribution >= 4 is 47.1 Å². The first-order valence-electron chi connectivity index (χ1n) is 3.36. The highest BCUT2D eigenvalue weighted by Crippen LogP contribution is 2.32. The SMILES string of the molecule is CC(N)=Nc1c(Cl)cccc1Cl.Cl. The van der Waals surface area contributed by atoms with Gasteiger partial charge in [0.2, 0.25) is 0 Å². The fraction of sp³-hybridized carbons (Fsp3) is 0.125. The predicted molar refractivity (Wildman–Crippen MR) is 60.7 cm³/mol. The molecule has 0 aliphatic heterocycles. The number of hydrogen-bond donors (Lipinski definition) is 1. The molecule has 0 spiro atoms. The number of hydrogen-bond acceptors (Lipinski definition) is 1. The molecule has 0 heterocycles. The number of rotatable bonds is 1. The minimum Gasteiger partial charge on any atom is -0.387 e. The van der Waals surface area contributed by atoms with E-state index < -0.39 is 0 Å². The Hall–Kier alpha value is -0.440. The molecule has 1 aromatic rings. The Labute approximate surface area is 93.2 Å². The molecule has 0 aliphatic carbocycles. The molecule has 13 heavy (non-hydrogen) atoms. The van der Waals surface area contributed by atoms with E-state index in [1.807, 2.05) is 0 Å².